The molecule has 6 heteroatoms. The van der Waals surface area contributed by atoms with E-state index in [9.17, 15) is 9.59 Å². The number of hydrogen-bond acceptors (Lipinski definition) is 4. The molecule has 5 rings (SSSR count). The van der Waals surface area contributed by atoms with E-state index < -0.39 is 0 Å². The van der Waals surface area contributed by atoms with Gasteiger partial charge in [0.05, 0.1) is 6.04 Å². The number of carbonyl (C=O) groups excluding carboxylic acids is 2. The van der Waals surface area contributed by atoms with Crippen molar-refractivity contribution in [2.24, 2.45) is 0 Å². The van der Waals surface area contributed by atoms with Crippen LogP contribution in [0.4, 0.5) is 5.69 Å². The van der Waals surface area contributed by atoms with E-state index in [0.717, 1.165) is 47.7 Å². The summed E-state index contributed by atoms with van der Waals surface area (Å²) in [6, 6.07) is 11.6. The van der Waals surface area contributed by atoms with E-state index >= 15 is 0 Å². The molecule has 1 saturated heterocycles. The van der Waals surface area contributed by atoms with Crippen molar-refractivity contribution in [3.63, 3.8) is 0 Å². The van der Waals surface area contributed by atoms with Gasteiger partial charge in [0.25, 0.3) is 5.91 Å². The maximum Gasteiger partial charge on any atom is 0.254 e. The highest BCUT2D eigenvalue weighted by Gasteiger charge is 2.32. The van der Waals surface area contributed by atoms with E-state index in [-0.39, 0.29) is 17.9 Å². The van der Waals surface area contributed by atoms with Crippen LogP contribution in [0.15, 0.2) is 36.4 Å². The summed E-state index contributed by atoms with van der Waals surface area (Å²) in [5.41, 5.74) is 3.61. The smallest absolute Gasteiger partial charge is 0.254 e. The van der Waals surface area contributed by atoms with E-state index in [1.165, 1.54) is 0 Å². The first-order valence-electron chi connectivity index (χ1n) is 9.82. The van der Waals surface area contributed by atoms with Crippen LogP contribution in [0.2, 0.25) is 0 Å². The number of likely N-dealkylation sites (tertiary alicyclic amines) is 1. The summed E-state index contributed by atoms with van der Waals surface area (Å²) < 4.78 is 11.3. The Balaban J connectivity index is 1.41. The zero-order valence-corrected chi connectivity index (χ0v) is 15.6. The zero-order chi connectivity index (χ0) is 19.1. The first-order chi connectivity index (χ1) is 13.7. The minimum Gasteiger partial charge on any atom is -0.486 e. The van der Waals surface area contributed by atoms with Crippen LogP contribution in [0.1, 0.15) is 46.8 Å². The van der Waals surface area contributed by atoms with Crippen molar-refractivity contribution in [2.45, 2.75) is 31.7 Å². The molecule has 0 spiro atoms. The Bertz CT molecular complexity index is 956. The maximum atomic E-state index is 13.3. The highest BCUT2D eigenvalue weighted by Crippen LogP contribution is 2.39. The molecule has 3 heterocycles. The van der Waals surface area contributed by atoms with Gasteiger partial charge in [-0.3, -0.25) is 9.59 Å². The number of aryl methyl sites for hydroxylation is 1. The van der Waals surface area contributed by atoms with Gasteiger partial charge in [0, 0.05) is 24.2 Å². The zero-order valence-electron chi connectivity index (χ0n) is 15.6. The Morgan fingerprint density at radius 2 is 1.89 bits per heavy atom. The molecule has 0 aromatic heterocycles. The second-order valence-electron chi connectivity index (χ2n) is 7.48. The van der Waals surface area contributed by atoms with Crippen LogP contribution in [-0.2, 0) is 11.2 Å². The number of rotatable bonds is 2. The van der Waals surface area contributed by atoms with Gasteiger partial charge in [-0.25, -0.2) is 0 Å². The Kier molecular flexibility index (Phi) is 4.19. The Labute approximate surface area is 163 Å². The van der Waals surface area contributed by atoms with Crippen LogP contribution in [0.25, 0.3) is 0 Å². The van der Waals surface area contributed by atoms with Crippen molar-refractivity contribution in [2.75, 3.05) is 25.1 Å². The van der Waals surface area contributed by atoms with E-state index in [1.807, 2.05) is 41.3 Å². The average Bonchev–Trinajstić information content (AvgIpc) is 3.22. The molecule has 1 atom stereocenters. The number of nitrogens with zero attached hydrogens (tertiary/aromatic N) is 1. The van der Waals surface area contributed by atoms with Crippen LogP contribution in [0.5, 0.6) is 11.5 Å². The van der Waals surface area contributed by atoms with Crippen molar-refractivity contribution in [3.05, 3.63) is 53.1 Å². The number of amides is 2. The number of ether oxygens (including phenoxy) is 2. The highest BCUT2D eigenvalue weighted by molar-refractivity contribution is 5.98. The monoisotopic (exact) mass is 378 g/mol. The number of anilines is 1. The second kappa shape index (κ2) is 6.86. The predicted octanol–water partition coefficient (Wildman–Crippen LogP) is 3.32. The molecule has 2 aromatic rings. The van der Waals surface area contributed by atoms with Crippen LogP contribution < -0.4 is 14.8 Å². The Morgan fingerprint density at radius 1 is 1.04 bits per heavy atom. The molecule has 2 aromatic carbocycles. The first-order valence-corrected chi connectivity index (χ1v) is 9.82. The van der Waals surface area contributed by atoms with Gasteiger partial charge in [-0.05, 0) is 60.7 Å². The second-order valence-corrected chi connectivity index (χ2v) is 7.48. The lowest BCUT2D eigenvalue weighted by molar-refractivity contribution is -0.116. The normalized spacial score (nSPS) is 20.5. The molecule has 6 nitrogen and oxygen atoms in total. The Hall–Kier alpha value is -3.02. The topological polar surface area (TPSA) is 67.9 Å². The minimum absolute atomic E-state index is 0.0322. The largest absolute Gasteiger partial charge is 0.486 e. The standard InChI is InChI=1S/C22H22N2O4/c25-21-8-5-14-12-16(3-6-17(14)23-21)22(26)24-9-1-2-18(24)15-4-7-19-20(13-15)28-11-10-27-19/h3-4,6-7,12-13,18H,1-2,5,8-11H2,(H,23,25). The molecule has 0 bridgehead atoms. The third-order valence-corrected chi connectivity index (χ3v) is 5.71. The molecular formula is C22H22N2O4. The van der Waals surface area contributed by atoms with Gasteiger partial charge in [0.15, 0.2) is 11.5 Å². The lowest BCUT2D eigenvalue weighted by Crippen LogP contribution is -2.31. The van der Waals surface area contributed by atoms with Crippen LogP contribution >= 0.6 is 0 Å². The fourth-order valence-corrected chi connectivity index (χ4v) is 4.31. The molecule has 2 amide bonds. The van der Waals surface area contributed by atoms with Crippen molar-refractivity contribution >= 4 is 17.5 Å². The number of nitrogens with one attached hydrogen (secondary N) is 1. The van der Waals surface area contributed by atoms with Crippen LogP contribution in [0.3, 0.4) is 0 Å². The molecule has 0 radical (unpaired) electrons. The molecular weight excluding hydrogens is 356 g/mol. The number of benzene rings is 2. The predicted molar refractivity (Wildman–Crippen MR) is 104 cm³/mol. The molecule has 1 unspecified atom stereocenters. The van der Waals surface area contributed by atoms with Gasteiger partial charge in [0.2, 0.25) is 5.91 Å². The summed E-state index contributed by atoms with van der Waals surface area (Å²) in [6.07, 6.45) is 3.06. The SMILES string of the molecule is O=C1CCc2cc(C(=O)N3CCCC3c3ccc4c(c3)OCCO4)ccc2N1. The molecule has 1 fully saturated rings. The van der Waals surface area contributed by atoms with Crippen molar-refractivity contribution < 1.29 is 19.1 Å². The lowest BCUT2D eigenvalue weighted by atomic mass is 9.99. The number of fused-ring (bicyclic) bond motifs is 2. The summed E-state index contributed by atoms with van der Waals surface area (Å²) in [4.78, 5) is 26.8. The number of hydrogen-bond donors (Lipinski definition) is 1. The Morgan fingerprint density at radius 3 is 2.79 bits per heavy atom. The van der Waals surface area contributed by atoms with Crippen molar-refractivity contribution in [3.8, 4) is 11.5 Å². The van der Waals surface area contributed by atoms with Crippen molar-refractivity contribution in [1.82, 2.24) is 4.90 Å². The van der Waals surface area contributed by atoms with E-state index in [1.54, 1.807) is 0 Å². The van der Waals surface area contributed by atoms with Crippen molar-refractivity contribution in [1.29, 1.82) is 0 Å². The van der Waals surface area contributed by atoms with Gasteiger partial charge in [-0.2, -0.15) is 0 Å². The molecule has 1 N–H and O–H groups in total. The molecule has 0 aliphatic carbocycles. The summed E-state index contributed by atoms with van der Waals surface area (Å²) in [7, 11) is 0. The number of carbonyl (C=O) groups is 2. The quantitative estimate of drug-likeness (QED) is 0.871. The fourth-order valence-electron chi connectivity index (χ4n) is 4.31. The van der Waals surface area contributed by atoms with Crippen LogP contribution in [-0.4, -0.2) is 36.5 Å². The lowest BCUT2D eigenvalue weighted by Gasteiger charge is -2.27. The average molecular weight is 378 g/mol. The van der Waals surface area contributed by atoms with Gasteiger partial charge in [0.1, 0.15) is 13.2 Å². The third kappa shape index (κ3) is 2.99. The van der Waals surface area contributed by atoms with Gasteiger partial charge >= 0.3 is 0 Å². The van der Waals surface area contributed by atoms with E-state index in [0.29, 0.717) is 31.6 Å². The first kappa shape index (κ1) is 17.1. The summed E-state index contributed by atoms with van der Waals surface area (Å²) in [5.74, 6) is 1.59. The summed E-state index contributed by atoms with van der Waals surface area (Å²) in [5, 5.41) is 2.87. The van der Waals surface area contributed by atoms with Gasteiger partial charge in [-0.15, -0.1) is 0 Å². The molecule has 3 aliphatic heterocycles. The molecule has 0 saturated carbocycles. The minimum atomic E-state index is 0.0322. The van der Waals surface area contributed by atoms with E-state index in [2.05, 4.69) is 5.32 Å². The van der Waals surface area contributed by atoms with Gasteiger partial charge in [-0.1, -0.05) is 6.07 Å². The maximum absolute atomic E-state index is 13.3. The molecule has 144 valence electrons. The summed E-state index contributed by atoms with van der Waals surface area (Å²) >= 11 is 0. The molecule has 28 heavy (non-hydrogen) atoms. The van der Waals surface area contributed by atoms with Crippen LogP contribution in [0, 0.1) is 0 Å². The van der Waals surface area contributed by atoms with E-state index in [4.69, 9.17) is 9.47 Å². The highest BCUT2D eigenvalue weighted by atomic mass is 16.6. The molecule has 3 aliphatic rings. The summed E-state index contributed by atoms with van der Waals surface area (Å²) in [6.45, 7) is 1.86. The van der Waals surface area contributed by atoms with Gasteiger partial charge < -0.3 is 19.7 Å². The fraction of sp³-hybridized carbons (Fsp3) is 0.364. The third-order valence-electron chi connectivity index (χ3n) is 5.71.